The highest BCUT2D eigenvalue weighted by atomic mass is 16.5. The van der Waals surface area contributed by atoms with Crippen molar-refractivity contribution < 1.29 is 9.47 Å². The van der Waals surface area contributed by atoms with Crippen molar-refractivity contribution in [2.75, 3.05) is 19.8 Å². The van der Waals surface area contributed by atoms with Gasteiger partial charge in [0.25, 0.3) is 0 Å². The molecule has 1 fully saturated rings. The first kappa shape index (κ1) is 11.4. The summed E-state index contributed by atoms with van der Waals surface area (Å²) in [5.41, 5.74) is 2.58. The lowest BCUT2D eigenvalue weighted by molar-refractivity contribution is -0.140. The van der Waals surface area contributed by atoms with Gasteiger partial charge >= 0.3 is 0 Å². The van der Waals surface area contributed by atoms with E-state index in [9.17, 15) is 0 Å². The van der Waals surface area contributed by atoms with Crippen LogP contribution in [-0.4, -0.2) is 19.8 Å². The maximum absolute atomic E-state index is 5.69. The molecule has 0 spiro atoms. The van der Waals surface area contributed by atoms with Crippen LogP contribution in [0.5, 0.6) is 0 Å². The van der Waals surface area contributed by atoms with Gasteiger partial charge in [0, 0.05) is 5.41 Å². The molecule has 0 amide bonds. The van der Waals surface area contributed by atoms with E-state index in [1.807, 2.05) is 6.08 Å². The number of hydrogen-bond donors (Lipinski definition) is 0. The Kier molecular flexibility index (Phi) is 3.42. The summed E-state index contributed by atoms with van der Waals surface area (Å²) in [5.74, 6) is 0. The molecule has 0 bridgehead atoms. The van der Waals surface area contributed by atoms with Gasteiger partial charge in [-0.15, -0.1) is 0 Å². The second-order valence-corrected chi connectivity index (χ2v) is 4.74. The van der Waals surface area contributed by atoms with Gasteiger partial charge in [-0.25, -0.2) is 0 Å². The molecule has 1 heterocycles. The number of rotatable bonds is 5. The van der Waals surface area contributed by atoms with Crippen LogP contribution >= 0.6 is 0 Å². The molecular formula is C14H18O2. The van der Waals surface area contributed by atoms with E-state index in [-0.39, 0.29) is 5.41 Å². The van der Waals surface area contributed by atoms with Gasteiger partial charge in [0.1, 0.15) is 0 Å². The molecule has 1 aliphatic rings. The molecule has 2 nitrogen and oxygen atoms in total. The van der Waals surface area contributed by atoms with Crippen LogP contribution in [0.1, 0.15) is 18.1 Å². The molecule has 2 heteroatoms. The predicted molar refractivity (Wildman–Crippen MR) is 65.1 cm³/mol. The van der Waals surface area contributed by atoms with Gasteiger partial charge in [-0.2, -0.15) is 0 Å². The van der Waals surface area contributed by atoms with E-state index in [0.29, 0.717) is 6.61 Å². The Morgan fingerprint density at radius 1 is 1.38 bits per heavy atom. The summed E-state index contributed by atoms with van der Waals surface area (Å²) in [6.45, 7) is 9.01. The summed E-state index contributed by atoms with van der Waals surface area (Å²) in [7, 11) is 0. The van der Waals surface area contributed by atoms with Crippen LogP contribution in [0.3, 0.4) is 0 Å². The smallest absolute Gasteiger partial charge is 0.0717 e. The first-order chi connectivity index (χ1) is 7.72. The van der Waals surface area contributed by atoms with Crippen molar-refractivity contribution >= 4 is 6.08 Å². The molecule has 86 valence electrons. The molecule has 0 atom stereocenters. The molecule has 0 saturated carbocycles. The van der Waals surface area contributed by atoms with Gasteiger partial charge in [0.2, 0.25) is 0 Å². The number of benzene rings is 1. The fourth-order valence-corrected chi connectivity index (χ4v) is 1.70. The third-order valence-corrected chi connectivity index (χ3v) is 2.84. The first-order valence-electron chi connectivity index (χ1n) is 5.59. The zero-order chi connectivity index (χ0) is 11.4. The van der Waals surface area contributed by atoms with E-state index in [1.54, 1.807) is 0 Å². The van der Waals surface area contributed by atoms with Crippen LogP contribution < -0.4 is 0 Å². The largest absolute Gasteiger partial charge is 0.380 e. The quantitative estimate of drug-likeness (QED) is 0.756. The minimum atomic E-state index is 0.237. The Bertz CT molecular complexity index is 350. The van der Waals surface area contributed by atoms with Crippen LogP contribution in [0.4, 0.5) is 0 Å². The standard InChI is InChI=1S/C14H18O2/c1-3-12-4-6-13(7-5-12)8-15-9-14(2)10-16-11-14/h3-7H,1,8-11H2,2H3. The summed E-state index contributed by atoms with van der Waals surface area (Å²) >= 11 is 0. The minimum absolute atomic E-state index is 0.237. The van der Waals surface area contributed by atoms with E-state index in [0.717, 1.165) is 25.4 Å². The molecule has 1 aromatic rings. The van der Waals surface area contributed by atoms with Crippen molar-refractivity contribution in [2.45, 2.75) is 13.5 Å². The monoisotopic (exact) mass is 218 g/mol. The van der Waals surface area contributed by atoms with Crippen LogP contribution in [0, 0.1) is 5.41 Å². The lowest BCUT2D eigenvalue weighted by atomic mass is 9.90. The second-order valence-electron chi connectivity index (χ2n) is 4.74. The maximum atomic E-state index is 5.69. The molecule has 1 aliphatic heterocycles. The second kappa shape index (κ2) is 4.81. The van der Waals surface area contributed by atoms with E-state index in [1.165, 1.54) is 5.56 Å². The van der Waals surface area contributed by atoms with Gasteiger partial charge in [0.15, 0.2) is 0 Å². The lowest BCUT2D eigenvalue weighted by Gasteiger charge is -2.37. The summed E-state index contributed by atoms with van der Waals surface area (Å²) in [6.07, 6.45) is 1.84. The van der Waals surface area contributed by atoms with Gasteiger partial charge < -0.3 is 9.47 Å². The fraction of sp³-hybridized carbons (Fsp3) is 0.429. The number of hydrogen-bond acceptors (Lipinski definition) is 2. The SMILES string of the molecule is C=Cc1ccc(COCC2(C)COC2)cc1. The molecule has 1 aromatic carbocycles. The number of ether oxygens (including phenoxy) is 2. The van der Waals surface area contributed by atoms with E-state index < -0.39 is 0 Å². The van der Waals surface area contributed by atoms with Crippen molar-refractivity contribution in [3.8, 4) is 0 Å². The highest BCUT2D eigenvalue weighted by molar-refractivity contribution is 5.47. The van der Waals surface area contributed by atoms with Gasteiger partial charge in [-0.3, -0.25) is 0 Å². The van der Waals surface area contributed by atoms with Crippen molar-refractivity contribution in [1.29, 1.82) is 0 Å². The average molecular weight is 218 g/mol. The van der Waals surface area contributed by atoms with Crippen LogP contribution in [0.25, 0.3) is 6.08 Å². The molecule has 0 radical (unpaired) electrons. The molecule has 0 aliphatic carbocycles. The predicted octanol–water partition coefficient (Wildman–Crippen LogP) is 2.88. The molecule has 1 saturated heterocycles. The normalized spacial score (nSPS) is 17.8. The lowest BCUT2D eigenvalue weighted by Crippen LogP contribution is -2.43. The highest BCUT2D eigenvalue weighted by Gasteiger charge is 2.33. The third-order valence-electron chi connectivity index (χ3n) is 2.84. The van der Waals surface area contributed by atoms with Crippen molar-refractivity contribution in [1.82, 2.24) is 0 Å². The maximum Gasteiger partial charge on any atom is 0.0717 e. The van der Waals surface area contributed by atoms with Crippen LogP contribution in [-0.2, 0) is 16.1 Å². The van der Waals surface area contributed by atoms with E-state index in [2.05, 4.69) is 37.8 Å². The molecule has 2 rings (SSSR count). The van der Waals surface area contributed by atoms with Crippen LogP contribution in [0.15, 0.2) is 30.8 Å². The van der Waals surface area contributed by atoms with Gasteiger partial charge in [0.05, 0.1) is 26.4 Å². The van der Waals surface area contributed by atoms with Gasteiger partial charge in [-0.05, 0) is 11.1 Å². The molecule has 16 heavy (non-hydrogen) atoms. The topological polar surface area (TPSA) is 18.5 Å². The highest BCUT2D eigenvalue weighted by Crippen LogP contribution is 2.26. The minimum Gasteiger partial charge on any atom is -0.380 e. The van der Waals surface area contributed by atoms with E-state index >= 15 is 0 Å². The van der Waals surface area contributed by atoms with Crippen molar-refractivity contribution in [3.05, 3.63) is 42.0 Å². The summed E-state index contributed by atoms with van der Waals surface area (Å²) in [5, 5.41) is 0. The summed E-state index contributed by atoms with van der Waals surface area (Å²) in [6, 6.07) is 8.27. The van der Waals surface area contributed by atoms with Crippen LogP contribution in [0.2, 0.25) is 0 Å². The molecule has 0 unspecified atom stereocenters. The van der Waals surface area contributed by atoms with Gasteiger partial charge in [-0.1, -0.05) is 43.8 Å². The Labute approximate surface area is 96.9 Å². The molecule has 0 N–H and O–H groups in total. The zero-order valence-corrected chi connectivity index (χ0v) is 9.74. The van der Waals surface area contributed by atoms with Crippen molar-refractivity contribution in [3.63, 3.8) is 0 Å². The van der Waals surface area contributed by atoms with E-state index in [4.69, 9.17) is 9.47 Å². The Morgan fingerprint density at radius 3 is 2.56 bits per heavy atom. The Hall–Kier alpha value is -1.12. The zero-order valence-electron chi connectivity index (χ0n) is 9.74. The summed E-state index contributed by atoms with van der Waals surface area (Å²) in [4.78, 5) is 0. The summed E-state index contributed by atoms with van der Waals surface area (Å²) < 4.78 is 10.9. The Balaban J connectivity index is 1.78. The first-order valence-corrected chi connectivity index (χ1v) is 5.59. The Morgan fingerprint density at radius 2 is 2.06 bits per heavy atom. The van der Waals surface area contributed by atoms with Crippen molar-refractivity contribution in [2.24, 2.45) is 5.41 Å². The fourth-order valence-electron chi connectivity index (χ4n) is 1.70. The molecule has 0 aromatic heterocycles. The third kappa shape index (κ3) is 2.71. The average Bonchev–Trinajstić information content (AvgIpc) is 2.28. The molecular weight excluding hydrogens is 200 g/mol.